The lowest BCUT2D eigenvalue weighted by Crippen LogP contribution is -2.26. The van der Waals surface area contributed by atoms with Crippen molar-refractivity contribution >= 4 is 17.7 Å². The van der Waals surface area contributed by atoms with Gasteiger partial charge >= 0.3 is 5.97 Å². The zero-order valence-corrected chi connectivity index (χ0v) is 9.86. The first-order valence-electron chi connectivity index (χ1n) is 5.61. The SMILES string of the molecule is CCc1[nH]nc(N2CC(C(=O)O)CC2=O)c1C. The minimum atomic E-state index is -0.926. The largest absolute Gasteiger partial charge is 0.481 e. The van der Waals surface area contributed by atoms with Crippen LogP contribution in [0.15, 0.2) is 0 Å². The maximum atomic E-state index is 11.7. The summed E-state index contributed by atoms with van der Waals surface area (Å²) in [5, 5.41) is 15.9. The molecule has 6 heteroatoms. The number of aromatic nitrogens is 2. The molecular formula is C11H15N3O3. The normalized spacial score (nSPS) is 20.0. The lowest BCUT2D eigenvalue weighted by molar-refractivity contribution is -0.141. The molecule has 1 aliphatic rings. The molecule has 92 valence electrons. The summed E-state index contributed by atoms with van der Waals surface area (Å²) in [6.07, 6.45) is 0.867. The van der Waals surface area contributed by atoms with E-state index in [1.807, 2.05) is 13.8 Å². The number of amides is 1. The van der Waals surface area contributed by atoms with Crippen molar-refractivity contribution in [1.82, 2.24) is 10.2 Å². The molecule has 17 heavy (non-hydrogen) atoms. The molecule has 1 fully saturated rings. The zero-order valence-electron chi connectivity index (χ0n) is 9.86. The van der Waals surface area contributed by atoms with Gasteiger partial charge in [-0.25, -0.2) is 0 Å². The first kappa shape index (κ1) is 11.6. The van der Waals surface area contributed by atoms with Gasteiger partial charge in [0.05, 0.1) is 5.92 Å². The molecular weight excluding hydrogens is 222 g/mol. The van der Waals surface area contributed by atoms with Gasteiger partial charge in [-0.1, -0.05) is 6.92 Å². The maximum absolute atomic E-state index is 11.7. The van der Waals surface area contributed by atoms with Crippen LogP contribution in [-0.2, 0) is 16.0 Å². The minimum absolute atomic E-state index is 0.0586. The number of rotatable bonds is 3. The highest BCUT2D eigenvalue weighted by molar-refractivity contribution is 5.99. The third-order valence-corrected chi connectivity index (χ3v) is 3.17. The summed E-state index contributed by atoms with van der Waals surface area (Å²) in [5.41, 5.74) is 1.90. The van der Waals surface area contributed by atoms with E-state index >= 15 is 0 Å². The predicted molar refractivity (Wildman–Crippen MR) is 60.8 cm³/mol. The van der Waals surface area contributed by atoms with Crippen LogP contribution in [0.25, 0.3) is 0 Å². The highest BCUT2D eigenvalue weighted by atomic mass is 16.4. The van der Waals surface area contributed by atoms with E-state index in [0.717, 1.165) is 17.7 Å². The predicted octanol–water partition coefficient (Wildman–Crippen LogP) is 0.718. The highest BCUT2D eigenvalue weighted by Gasteiger charge is 2.36. The third kappa shape index (κ3) is 1.90. The second kappa shape index (κ2) is 4.20. The van der Waals surface area contributed by atoms with Gasteiger partial charge in [-0.05, 0) is 13.3 Å². The molecule has 1 amide bonds. The van der Waals surface area contributed by atoms with Crippen molar-refractivity contribution in [2.75, 3.05) is 11.4 Å². The molecule has 1 aromatic rings. The van der Waals surface area contributed by atoms with Crippen LogP contribution in [-0.4, -0.2) is 33.7 Å². The van der Waals surface area contributed by atoms with Crippen molar-refractivity contribution in [2.45, 2.75) is 26.7 Å². The topological polar surface area (TPSA) is 86.3 Å². The van der Waals surface area contributed by atoms with Gasteiger partial charge in [-0.3, -0.25) is 19.6 Å². The molecule has 1 aliphatic heterocycles. The Morgan fingerprint density at radius 3 is 2.82 bits per heavy atom. The molecule has 2 heterocycles. The van der Waals surface area contributed by atoms with E-state index in [9.17, 15) is 9.59 Å². The maximum Gasteiger partial charge on any atom is 0.308 e. The molecule has 0 bridgehead atoms. The fourth-order valence-electron chi connectivity index (χ4n) is 2.11. The summed E-state index contributed by atoms with van der Waals surface area (Å²) in [5.74, 6) is -1.15. The summed E-state index contributed by atoms with van der Waals surface area (Å²) in [6.45, 7) is 4.10. The summed E-state index contributed by atoms with van der Waals surface area (Å²) in [4.78, 5) is 24.1. The lowest BCUT2D eigenvalue weighted by Gasteiger charge is -2.13. The van der Waals surface area contributed by atoms with Crippen LogP contribution in [0.4, 0.5) is 5.82 Å². The van der Waals surface area contributed by atoms with E-state index in [2.05, 4.69) is 10.2 Å². The average Bonchev–Trinajstić information content (AvgIpc) is 2.82. The Hall–Kier alpha value is -1.85. The van der Waals surface area contributed by atoms with Gasteiger partial charge in [0.1, 0.15) is 0 Å². The van der Waals surface area contributed by atoms with E-state index in [1.54, 1.807) is 0 Å². The number of nitrogens with one attached hydrogen (secondary N) is 1. The van der Waals surface area contributed by atoms with Crippen molar-refractivity contribution in [2.24, 2.45) is 5.92 Å². The number of carboxylic acid groups (broad SMARTS) is 1. The van der Waals surface area contributed by atoms with E-state index in [-0.39, 0.29) is 18.9 Å². The third-order valence-electron chi connectivity index (χ3n) is 3.17. The molecule has 0 aromatic carbocycles. The molecule has 1 aromatic heterocycles. The Balaban J connectivity index is 2.26. The van der Waals surface area contributed by atoms with Gasteiger partial charge in [0.25, 0.3) is 0 Å². The number of carboxylic acids is 1. The second-order valence-electron chi connectivity index (χ2n) is 4.25. The summed E-state index contributed by atoms with van der Waals surface area (Å²) >= 11 is 0. The smallest absolute Gasteiger partial charge is 0.308 e. The van der Waals surface area contributed by atoms with Crippen molar-refractivity contribution in [3.05, 3.63) is 11.3 Å². The van der Waals surface area contributed by atoms with Crippen LogP contribution in [0, 0.1) is 12.8 Å². The Morgan fingerprint density at radius 2 is 2.35 bits per heavy atom. The van der Waals surface area contributed by atoms with Crippen LogP contribution in [0.5, 0.6) is 0 Å². The van der Waals surface area contributed by atoms with Gasteiger partial charge in [-0.2, -0.15) is 5.10 Å². The molecule has 1 atom stereocenters. The Morgan fingerprint density at radius 1 is 1.65 bits per heavy atom. The minimum Gasteiger partial charge on any atom is -0.481 e. The van der Waals surface area contributed by atoms with Gasteiger partial charge in [0.2, 0.25) is 5.91 Å². The van der Waals surface area contributed by atoms with Crippen LogP contribution in [0.3, 0.4) is 0 Å². The van der Waals surface area contributed by atoms with Crippen LogP contribution in [0.2, 0.25) is 0 Å². The van der Waals surface area contributed by atoms with Gasteiger partial charge < -0.3 is 5.11 Å². The van der Waals surface area contributed by atoms with Gasteiger partial charge in [0, 0.05) is 24.2 Å². The standard InChI is InChI=1S/C11H15N3O3/c1-3-8-6(2)10(13-12-8)14-5-7(11(16)17)4-9(14)15/h7H,3-5H2,1-2H3,(H,12,13)(H,16,17). The Bertz CT molecular complexity index is 467. The molecule has 0 radical (unpaired) electrons. The van der Waals surface area contributed by atoms with Crippen molar-refractivity contribution < 1.29 is 14.7 Å². The molecule has 0 spiro atoms. The van der Waals surface area contributed by atoms with Gasteiger partial charge in [-0.15, -0.1) is 0 Å². The first-order chi connectivity index (χ1) is 8.04. The fraction of sp³-hybridized carbons (Fsp3) is 0.545. The van der Waals surface area contributed by atoms with Crippen LogP contribution < -0.4 is 4.90 Å². The van der Waals surface area contributed by atoms with Crippen molar-refractivity contribution in [3.8, 4) is 0 Å². The number of aliphatic carboxylic acids is 1. The number of carbonyl (C=O) groups is 2. The van der Waals surface area contributed by atoms with Crippen LogP contribution >= 0.6 is 0 Å². The monoisotopic (exact) mass is 237 g/mol. The molecule has 2 N–H and O–H groups in total. The zero-order chi connectivity index (χ0) is 12.6. The van der Waals surface area contributed by atoms with E-state index in [0.29, 0.717) is 5.82 Å². The fourth-order valence-corrected chi connectivity index (χ4v) is 2.11. The van der Waals surface area contributed by atoms with E-state index in [4.69, 9.17) is 5.11 Å². The molecule has 2 rings (SSSR count). The van der Waals surface area contributed by atoms with Crippen LogP contribution in [0.1, 0.15) is 24.6 Å². The Labute approximate surface area is 98.6 Å². The van der Waals surface area contributed by atoms with E-state index < -0.39 is 11.9 Å². The molecule has 0 aliphatic carbocycles. The highest BCUT2D eigenvalue weighted by Crippen LogP contribution is 2.27. The molecule has 0 saturated carbocycles. The summed E-state index contributed by atoms with van der Waals surface area (Å²) in [6, 6.07) is 0. The second-order valence-corrected chi connectivity index (χ2v) is 4.25. The lowest BCUT2D eigenvalue weighted by atomic mass is 10.1. The van der Waals surface area contributed by atoms with E-state index in [1.165, 1.54) is 4.90 Å². The molecule has 1 unspecified atom stereocenters. The number of aromatic amines is 1. The summed E-state index contributed by atoms with van der Waals surface area (Å²) < 4.78 is 0. The first-order valence-corrected chi connectivity index (χ1v) is 5.61. The van der Waals surface area contributed by atoms with Gasteiger partial charge in [0.15, 0.2) is 5.82 Å². The molecule has 1 saturated heterocycles. The number of anilines is 1. The number of aryl methyl sites for hydroxylation is 1. The number of H-pyrrole nitrogens is 1. The number of carbonyl (C=O) groups excluding carboxylic acids is 1. The summed E-state index contributed by atoms with van der Waals surface area (Å²) in [7, 11) is 0. The quantitative estimate of drug-likeness (QED) is 0.811. The van der Waals surface area contributed by atoms with Crippen molar-refractivity contribution in [1.29, 1.82) is 0 Å². The molecule has 6 nitrogen and oxygen atoms in total. The number of nitrogens with zero attached hydrogens (tertiary/aromatic N) is 2. The van der Waals surface area contributed by atoms with Crippen molar-refractivity contribution in [3.63, 3.8) is 0 Å². The number of hydrogen-bond acceptors (Lipinski definition) is 3. The average molecular weight is 237 g/mol. The number of hydrogen-bond donors (Lipinski definition) is 2. The Kier molecular flexibility index (Phi) is 2.87.